The summed E-state index contributed by atoms with van der Waals surface area (Å²) in [6.45, 7) is 4.53. The first-order valence-electron chi connectivity index (χ1n) is 7.59. The van der Waals surface area contributed by atoms with E-state index in [9.17, 15) is 0 Å². The van der Waals surface area contributed by atoms with Crippen LogP contribution in [0.25, 0.3) is 11.3 Å². The van der Waals surface area contributed by atoms with E-state index >= 15 is 0 Å². The minimum Gasteiger partial charge on any atom is -0.316 e. The number of aryl methyl sites for hydroxylation is 1. The van der Waals surface area contributed by atoms with Crippen molar-refractivity contribution in [3.63, 3.8) is 0 Å². The highest BCUT2D eigenvalue weighted by atomic mass is 32.1. The molecule has 1 aromatic heterocycles. The van der Waals surface area contributed by atoms with Crippen LogP contribution in [-0.2, 0) is 12.8 Å². The summed E-state index contributed by atoms with van der Waals surface area (Å²) < 4.78 is 0. The third-order valence-corrected chi connectivity index (χ3v) is 4.94. The summed E-state index contributed by atoms with van der Waals surface area (Å²) in [6.07, 6.45) is 4.87. The van der Waals surface area contributed by atoms with Crippen LogP contribution in [0.1, 0.15) is 30.3 Å². The lowest BCUT2D eigenvalue weighted by Crippen LogP contribution is -2.30. The Kier molecular flexibility index (Phi) is 4.48. The predicted molar refractivity (Wildman–Crippen MR) is 86.2 cm³/mol. The van der Waals surface area contributed by atoms with Gasteiger partial charge < -0.3 is 5.32 Å². The van der Waals surface area contributed by atoms with Gasteiger partial charge in [0.1, 0.15) is 0 Å². The van der Waals surface area contributed by atoms with Crippen molar-refractivity contribution >= 4 is 11.3 Å². The fourth-order valence-electron chi connectivity index (χ4n) is 2.79. The summed E-state index contributed by atoms with van der Waals surface area (Å²) in [5, 5.41) is 6.97. The molecule has 106 valence electrons. The van der Waals surface area contributed by atoms with Gasteiger partial charge in [0.05, 0.1) is 10.7 Å². The molecule has 1 aliphatic rings. The Hall–Kier alpha value is -1.19. The molecule has 2 heterocycles. The second-order valence-corrected chi connectivity index (χ2v) is 6.54. The maximum Gasteiger partial charge on any atom is 0.0935 e. The summed E-state index contributed by atoms with van der Waals surface area (Å²) >= 11 is 1.81. The molecule has 3 rings (SSSR count). The zero-order valence-electron chi connectivity index (χ0n) is 12.1. The van der Waals surface area contributed by atoms with Crippen LogP contribution in [0.2, 0.25) is 0 Å². The van der Waals surface area contributed by atoms with Crippen molar-refractivity contribution in [2.24, 2.45) is 5.92 Å². The van der Waals surface area contributed by atoms with E-state index in [0.29, 0.717) is 0 Å². The molecule has 0 radical (unpaired) electrons. The van der Waals surface area contributed by atoms with Crippen molar-refractivity contribution in [2.45, 2.75) is 32.6 Å². The smallest absolute Gasteiger partial charge is 0.0935 e. The Morgan fingerprint density at radius 1 is 1.30 bits per heavy atom. The number of nitrogens with zero attached hydrogens (tertiary/aromatic N) is 1. The van der Waals surface area contributed by atoms with Gasteiger partial charge in [0.2, 0.25) is 0 Å². The van der Waals surface area contributed by atoms with E-state index in [2.05, 4.69) is 41.9 Å². The lowest BCUT2D eigenvalue weighted by Gasteiger charge is -2.21. The molecular formula is C17H22N2S. The number of hydrogen-bond donors (Lipinski definition) is 1. The Morgan fingerprint density at radius 2 is 2.15 bits per heavy atom. The quantitative estimate of drug-likeness (QED) is 0.921. The first-order chi connectivity index (χ1) is 9.85. The van der Waals surface area contributed by atoms with E-state index in [1.807, 2.05) is 11.3 Å². The largest absolute Gasteiger partial charge is 0.316 e. The lowest BCUT2D eigenvalue weighted by atomic mass is 9.97. The molecule has 1 saturated heterocycles. The second kappa shape index (κ2) is 6.51. The van der Waals surface area contributed by atoms with Gasteiger partial charge in [-0.25, -0.2) is 4.98 Å². The third kappa shape index (κ3) is 3.28. The van der Waals surface area contributed by atoms with Crippen molar-refractivity contribution in [3.8, 4) is 11.3 Å². The van der Waals surface area contributed by atoms with Crippen LogP contribution in [0.5, 0.6) is 0 Å². The van der Waals surface area contributed by atoms with E-state index in [-0.39, 0.29) is 0 Å². The standard InChI is InChI=1S/C17H22N2S/c1-2-13-5-7-15(8-6-13)16-12-20-17(19-16)10-14-4-3-9-18-11-14/h5-8,12,14,18H,2-4,9-11H2,1H3. The van der Waals surface area contributed by atoms with Crippen LogP contribution in [0.15, 0.2) is 29.6 Å². The average molecular weight is 286 g/mol. The molecule has 1 atom stereocenters. The Morgan fingerprint density at radius 3 is 2.85 bits per heavy atom. The number of nitrogens with one attached hydrogen (secondary N) is 1. The maximum absolute atomic E-state index is 4.82. The fourth-order valence-corrected chi connectivity index (χ4v) is 3.71. The van der Waals surface area contributed by atoms with E-state index in [4.69, 9.17) is 4.98 Å². The molecule has 3 heteroatoms. The molecule has 0 bridgehead atoms. The van der Waals surface area contributed by atoms with E-state index in [0.717, 1.165) is 31.0 Å². The van der Waals surface area contributed by atoms with Gasteiger partial charge >= 0.3 is 0 Å². The predicted octanol–water partition coefficient (Wildman–Crippen LogP) is 3.91. The number of thiazole rings is 1. The summed E-state index contributed by atoms with van der Waals surface area (Å²) in [6, 6.07) is 8.80. The molecule has 0 amide bonds. The summed E-state index contributed by atoms with van der Waals surface area (Å²) in [5.74, 6) is 0.769. The number of piperidine rings is 1. The highest BCUT2D eigenvalue weighted by Crippen LogP contribution is 2.25. The molecule has 0 saturated carbocycles. The zero-order valence-corrected chi connectivity index (χ0v) is 12.9. The molecule has 1 N–H and O–H groups in total. The SMILES string of the molecule is CCc1ccc(-c2csc(CC3CCCNC3)n2)cc1. The van der Waals surface area contributed by atoms with Crippen molar-refractivity contribution < 1.29 is 0 Å². The summed E-state index contributed by atoms with van der Waals surface area (Å²) in [7, 11) is 0. The highest BCUT2D eigenvalue weighted by molar-refractivity contribution is 7.09. The molecule has 0 aliphatic carbocycles. The van der Waals surface area contributed by atoms with Crippen molar-refractivity contribution in [2.75, 3.05) is 13.1 Å². The first kappa shape index (κ1) is 13.8. The molecule has 1 fully saturated rings. The van der Waals surface area contributed by atoms with Gasteiger partial charge in [0.25, 0.3) is 0 Å². The van der Waals surface area contributed by atoms with E-state index in [1.165, 1.54) is 35.5 Å². The van der Waals surface area contributed by atoms with Crippen molar-refractivity contribution in [1.29, 1.82) is 0 Å². The molecule has 2 aromatic rings. The topological polar surface area (TPSA) is 24.9 Å². The number of hydrogen-bond acceptors (Lipinski definition) is 3. The van der Waals surface area contributed by atoms with Crippen LogP contribution >= 0.6 is 11.3 Å². The van der Waals surface area contributed by atoms with Gasteiger partial charge in [-0.3, -0.25) is 0 Å². The van der Waals surface area contributed by atoms with Crippen LogP contribution in [-0.4, -0.2) is 18.1 Å². The molecule has 1 aromatic carbocycles. The van der Waals surface area contributed by atoms with Gasteiger partial charge in [-0.1, -0.05) is 31.2 Å². The minimum absolute atomic E-state index is 0.769. The molecular weight excluding hydrogens is 264 g/mol. The Labute approximate surface area is 125 Å². The van der Waals surface area contributed by atoms with Gasteiger partial charge in [-0.05, 0) is 43.8 Å². The van der Waals surface area contributed by atoms with Gasteiger partial charge in [0, 0.05) is 17.4 Å². The summed E-state index contributed by atoms with van der Waals surface area (Å²) in [5.41, 5.74) is 3.76. The van der Waals surface area contributed by atoms with Crippen LogP contribution in [0.4, 0.5) is 0 Å². The van der Waals surface area contributed by atoms with Crippen LogP contribution in [0.3, 0.4) is 0 Å². The van der Waals surface area contributed by atoms with E-state index < -0.39 is 0 Å². The minimum atomic E-state index is 0.769. The number of rotatable bonds is 4. The fraction of sp³-hybridized carbons (Fsp3) is 0.471. The molecule has 1 aliphatic heterocycles. The Bertz CT molecular complexity index is 538. The molecule has 0 spiro atoms. The van der Waals surface area contributed by atoms with Crippen molar-refractivity contribution in [1.82, 2.24) is 10.3 Å². The highest BCUT2D eigenvalue weighted by Gasteiger charge is 2.15. The molecule has 20 heavy (non-hydrogen) atoms. The number of aromatic nitrogens is 1. The maximum atomic E-state index is 4.82. The number of benzene rings is 1. The van der Waals surface area contributed by atoms with Gasteiger partial charge in [-0.15, -0.1) is 11.3 Å². The summed E-state index contributed by atoms with van der Waals surface area (Å²) in [4.78, 5) is 4.82. The third-order valence-electron chi connectivity index (χ3n) is 4.07. The van der Waals surface area contributed by atoms with E-state index in [1.54, 1.807) is 0 Å². The zero-order chi connectivity index (χ0) is 13.8. The van der Waals surface area contributed by atoms with Crippen molar-refractivity contribution in [3.05, 3.63) is 40.2 Å². The first-order valence-corrected chi connectivity index (χ1v) is 8.47. The Balaban J connectivity index is 1.68. The van der Waals surface area contributed by atoms with Crippen LogP contribution in [0, 0.1) is 5.92 Å². The van der Waals surface area contributed by atoms with Gasteiger partial charge in [0.15, 0.2) is 0 Å². The lowest BCUT2D eigenvalue weighted by molar-refractivity contribution is 0.376. The molecule has 1 unspecified atom stereocenters. The average Bonchev–Trinajstić information content (AvgIpc) is 2.97. The monoisotopic (exact) mass is 286 g/mol. The second-order valence-electron chi connectivity index (χ2n) is 5.59. The van der Waals surface area contributed by atoms with Gasteiger partial charge in [-0.2, -0.15) is 0 Å². The van der Waals surface area contributed by atoms with Crippen LogP contribution < -0.4 is 5.32 Å². The normalized spacial score (nSPS) is 19.1. The molecule has 2 nitrogen and oxygen atoms in total.